The molecule has 8 nitrogen and oxygen atoms in total. The van der Waals surface area contributed by atoms with E-state index in [0.29, 0.717) is 33.4 Å². The second kappa shape index (κ2) is 7.53. The predicted octanol–water partition coefficient (Wildman–Crippen LogP) is 3.96. The van der Waals surface area contributed by atoms with Gasteiger partial charge in [-0.25, -0.2) is 4.68 Å². The second-order valence-corrected chi connectivity index (χ2v) is 7.66. The summed E-state index contributed by atoms with van der Waals surface area (Å²) < 4.78 is 7.61. The van der Waals surface area contributed by atoms with Crippen LogP contribution in [0.2, 0.25) is 5.02 Å². The van der Waals surface area contributed by atoms with Crippen molar-refractivity contribution in [3.63, 3.8) is 0 Å². The molecule has 0 saturated heterocycles. The number of hydrogen-bond acceptors (Lipinski definition) is 6. The van der Waals surface area contributed by atoms with E-state index < -0.39 is 0 Å². The Labute approximate surface area is 177 Å². The van der Waals surface area contributed by atoms with Crippen molar-refractivity contribution in [2.45, 2.75) is 38.9 Å². The smallest absolute Gasteiger partial charge is 0.254 e. The maximum absolute atomic E-state index is 13.2. The fourth-order valence-corrected chi connectivity index (χ4v) is 3.68. The van der Waals surface area contributed by atoms with Crippen molar-refractivity contribution in [2.75, 3.05) is 0 Å². The number of carbonyl (C=O) groups is 1. The van der Waals surface area contributed by atoms with Crippen molar-refractivity contribution in [1.29, 1.82) is 0 Å². The third-order valence-electron chi connectivity index (χ3n) is 5.19. The third-order valence-corrected chi connectivity index (χ3v) is 5.52. The maximum atomic E-state index is 13.2. The van der Waals surface area contributed by atoms with E-state index in [1.54, 1.807) is 21.7 Å². The average molecular weight is 423 g/mol. The van der Waals surface area contributed by atoms with Crippen molar-refractivity contribution in [3.05, 3.63) is 58.9 Å². The lowest BCUT2D eigenvalue weighted by molar-refractivity contribution is 0.0714. The van der Waals surface area contributed by atoms with Crippen molar-refractivity contribution in [2.24, 2.45) is 0 Å². The summed E-state index contributed by atoms with van der Waals surface area (Å²) in [4.78, 5) is 15.0. The third kappa shape index (κ3) is 3.43. The van der Waals surface area contributed by atoms with Gasteiger partial charge in [0.1, 0.15) is 5.52 Å². The molecule has 0 bridgehead atoms. The monoisotopic (exact) mass is 422 g/mol. The SMILES string of the molecule is CCn1nnc2cc(C(=O)N(Cc3nnc(-c4ccccc4Cl)o3)C3CC3)ccc21. The van der Waals surface area contributed by atoms with Gasteiger partial charge in [0.2, 0.25) is 11.8 Å². The first-order valence-electron chi connectivity index (χ1n) is 9.85. The molecule has 5 rings (SSSR count). The van der Waals surface area contributed by atoms with Gasteiger partial charge < -0.3 is 9.32 Å². The topological polar surface area (TPSA) is 89.9 Å². The largest absolute Gasteiger partial charge is 0.419 e. The van der Waals surface area contributed by atoms with Crippen molar-refractivity contribution in [3.8, 4) is 11.5 Å². The molecular weight excluding hydrogens is 404 g/mol. The zero-order valence-electron chi connectivity index (χ0n) is 16.3. The average Bonchev–Trinajstić information content (AvgIpc) is 3.36. The Morgan fingerprint density at radius 3 is 2.80 bits per heavy atom. The van der Waals surface area contributed by atoms with E-state index in [9.17, 15) is 4.79 Å². The van der Waals surface area contributed by atoms with Crippen molar-refractivity contribution < 1.29 is 9.21 Å². The molecule has 1 saturated carbocycles. The van der Waals surface area contributed by atoms with Gasteiger partial charge in [0.05, 0.1) is 22.6 Å². The van der Waals surface area contributed by atoms with Crippen LogP contribution in [0.5, 0.6) is 0 Å². The van der Waals surface area contributed by atoms with Crippen LogP contribution in [0.3, 0.4) is 0 Å². The molecule has 0 radical (unpaired) electrons. The van der Waals surface area contributed by atoms with Gasteiger partial charge in [-0.2, -0.15) is 0 Å². The molecule has 1 amide bonds. The summed E-state index contributed by atoms with van der Waals surface area (Å²) in [5, 5.41) is 17.1. The van der Waals surface area contributed by atoms with Gasteiger partial charge in [-0.1, -0.05) is 28.9 Å². The van der Waals surface area contributed by atoms with Crippen LogP contribution in [0.4, 0.5) is 0 Å². The Morgan fingerprint density at radius 2 is 2.03 bits per heavy atom. The van der Waals surface area contributed by atoms with Crippen molar-refractivity contribution >= 4 is 28.5 Å². The summed E-state index contributed by atoms with van der Waals surface area (Å²) in [5.74, 6) is 0.641. The molecule has 2 aromatic heterocycles. The molecule has 0 spiro atoms. The first kappa shape index (κ1) is 18.7. The number of aromatic nitrogens is 5. The minimum atomic E-state index is -0.0806. The molecule has 2 aromatic carbocycles. The summed E-state index contributed by atoms with van der Waals surface area (Å²) in [5.41, 5.74) is 2.86. The quantitative estimate of drug-likeness (QED) is 0.467. The minimum absolute atomic E-state index is 0.0806. The lowest BCUT2D eigenvalue weighted by atomic mass is 10.1. The zero-order chi connectivity index (χ0) is 20.7. The standard InChI is InChI=1S/C21H19ClN6O2/c1-2-28-18-10-7-13(11-17(18)23-26-28)21(29)27(14-8-9-14)12-19-24-25-20(30-19)15-5-3-4-6-16(15)22/h3-7,10-11,14H,2,8-9,12H2,1H3. The van der Waals surface area contributed by atoms with Gasteiger partial charge in [0.25, 0.3) is 5.91 Å². The molecule has 1 aliphatic carbocycles. The summed E-state index contributed by atoms with van der Waals surface area (Å²) in [7, 11) is 0. The summed E-state index contributed by atoms with van der Waals surface area (Å²) in [6, 6.07) is 13.0. The predicted molar refractivity (Wildman–Crippen MR) is 111 cm³/mol. The van der Waals surface area contributed by atoms with E-state index in [1.165, 1.54) is 0 Å². The number of hydrogen-bond donors (Lipinski definition) is 0. The Morgan fingerprint density at radius 1 is 1.20 bits per heavy atom. The van der Waals surface area contributed by atoms with Gasteiger partial charge in [-0.3, -0.25) is 4.79 Å². The van der Waals surface area contributed by atoms with Crippen LogP contribution in [-0.4, -0.2) is 42.0 Å². The first-order chi connectivity index (χ1) is 14.6. The molecule has 1 fully saturated rings. The summed E-state index contributed by atoms with van der Waals surface area (Å²) in [6.07, 6.45) is 1.93. The fourth-order valence-electron chi connectivity index (χ4n) is 3.46. The number of nitrogens with zero attached hydrogens (tertiary/aromatic N) is 6. The van der Waals surface area contributed by atoms with E-state index in [-0.39, 0.29) is 18.5 Å². The van der Waals surface area contributed by atoms with Crippen LogP contribution in [0.1, 0.15) is 36.0 Å². The second-order valence-electron chi connectivity index (χ2n) is 7.25. The van der Waals surface area contributed by atoms with Crippen LogP contribution >= 0.6 is 11.6 Å². The molecule has 152 valence electrons. The highest BCUT2D eigenvalue weighted by Crippen LogP contribution is 2.31. The van der Waals surface area contributed by atoms with Gasteiger partial charge in [-0.05, 0) is 50.1 Å². The molecule has 4 aromatic rings. The molecular formula is C21H19ClN6O2. The van der Waals surface area contributed by atoms with Crippen LogP contribution in [0, 0.1) is 0 Å². The molecule has 30 heavy (non-hydrogen) atoms. The molecule has 0 aliphatic heterocycles. The Balaban J connectivity index is 1.40. The normalized spacial score (nSPS) is 13.7. The zero-order valence-corrected chi connectivity index (χ0v) is 17.1. The van der Waals surface area contributed by atoms with E-state index in [1.807, 2.05) is 37.3 Å². The van der Waals surface area contributed by atoms with Gasteiger partial charge in [0, 0.05) is 18.2 Å². The van der Waals surface area contributed by atoms with E-state index in [2.05, 4.69) is 20.5 Å². The molecule has 0 N–H and O–H groups in total. The van der Waals surface area contributed by atoms with Crippen molar-refractivity contribution in [1.82, 2.24) is 30.1 Å². The van der Waals surface area contributed by atoms with Gasteiger partial charge in [-0.15, -0.1) is 15.3 Å². The van der Waals surface area contributed by atoms with Crippen LogP contribution in [0.25, 0.3) is 22.5 Å². The Bertz CT molecular complexity index is 1230. The van der Waals surface area contributed by atoms with E-state index in [4.69, 9.17) is 16.0 Å². The molecule has 0 unspecified atom stereocenters. The Kier molecular flexibility index (Phi) is 4.71. The number of benzene rings is 2. The first-order valence-corrected chi connectivity index (χ1v) is 10.2. The van der Waals surface area contributed by atoms with Gasteiger partial charge >= 0.3 is 0 Å². The molecule has 2 heterocycles. The Hall–Kier alpha value is -3.26. The number of halogens is 1. The summed E-state index contributed by atoms with van der Waals surface area (Å²) in [6.45, 7) is 2.98. The van der Waals surface area contributed by atoms with E-state index in [0.717, 1.165) is 24.9 Å². The number of aryl methyl sites for hydroxylation is 1. The number of amides is 1. The minimum Gasteiger partial charge on any atom is -0.419 e. The highest BCUT2D eigenvalue weighted by Gasteiger charge is 2.34. The maximum Gasteiger partial charge on any atom is 0.254 e. The van der Waals surface area contributed by atoms with Crippen LogP contribution < -0.4 is 0 Å². The number of fused-ring (bicyclic) bond motifs is 1. The molecule has 1 aliphatic rings. The van der Waals surface area contributed by atoms with Gasteiger partial charge in [0.15, 0.2) is 0 Å². The lowest BCUT2D eigenvalue weighted by Gasteiger charge is -2.20. The number of rotatable bonds is 6. The van der Waals surface area contributed by atoms with Crippen LogP contribution in [-0.2, 0) is 13.1 Å². The number of carbonyl (C=O) groups excluding carboxylic acids is 1. The highest BCUT2D eigenvalue weighted by molar-refractivity contribution is 6.33. The fraction of sp³-hybridized carbons (Fsp3) is 0.286. The van der Waals surface area contributed by atoms with E-state index >= 15 is 0 Å². The lowest BCUT2D eigenvalue weighted by Crippen LogP contribution is -2.32. The molecule has 9 heteroatoms. The van der Waals surface area contributed by atoms with Crippen LogP contribution in [0.15, 0.2) is 46.9 Å². The molecule has 0 atom stereocenters. The summed E-state index contributed by atoms with van der Waals surface area (Å²) >= 11 is 6.22. The highest BCUT2D eigenvalue weighted by atomic mass is 35.5.